The molecular formula is C14H22O. The van der Waals surface area contributed by atoms with Crippen LogP contribution >= 0.6 is 0 Å². The monoisotopic (exact) mass is 206 g/mol. The summed E-state index contributed by atoms with van der Waals surface area (Å²) in [6.07, 6.45) is 7.72. The van der Waals surface area contributed by atoms with Gasteiger partial charge in [-0.05, 0) is 36.2 Å². The second-order valence-electron chi connectivity index (χ2n) is 5.96. The summed E-state index contributed by atoms with van der Waals surface area (Å²) in [5, 5.41) is 0. The molecule has 0 aliphatic heterocycles. The van der Waals surface area contributed by atoms with E-state index in [2.05, 4.69) is 20.8 Å². The highest BCUT2D eigenvalue weighted by atomic mass is 16.1. The Bertz CT molecular complexity index is 298. The predicted octanol–water partition coefficient (Wildman–Crippen LogP) is 3.74. The second kappa shape index (κ2) is 3.77. The molecule has 2 rings (SSSR count). The summed E-state index contributed by atoms with van der Waals surface area (Å²) in [6.45, 7) is 6.97. The third-order valence-electron chi connectivity index (χ3n) is 4.35. The maximum atomic E-state index is 11.5. The van der Waals surface area contributed by atoms with Crippen LogP contribution in [0.3, 0.4) is 0 Å². The van der Waals surface area contributed by atoms with Gasteiger partial charge in [-0.3, -0.25) is 4.79 Å². The van der Waals surface area contributed by atoms with E-state index in [9.17, 15) is 4.79 Å². The van der Waals surface area contributed by atoms with Crippen molar-refractivity contribution >= 4 is 5.78 Å². The Morgan fingerprint density at radius 1 is 1.33 bits per heavy atom. The van der Waals surface area contributed by atoms with E-state index in [4.69, 9.17) is 0 Å². The Morgan fingerprint density at radius 3 is 2.80 bits per heavy atom. The van der Waals surface area contributed by atoms with Crippen molar-refractivity contribution in [1.82, 2.24) is 0 Å². The minimum Gasteiger partial charge on any atom is -0.295 e. The van der Waals surface area contributed by atoms with Gasteiger partial charge in [-0.15, -0.1) is 0 Å². The van der Waals surface area contributed by atoms with Crippen molar-refractivity contribution in [3.63, 3.8) is 0 Å². The summed E-state index contributed by atoms with van der Waals surface area (Å²) in [5.74, 6) is 1.80. The van der Waals surface area contributed by atoms with Gasteiger partial charge in [0.2, 0.25) is 0 Å². The molecule has 0 amide bonds. The van der Waals surface area contributed by atoms with Crippen LogP contribution in [0.1, 0.15) is 52.9 Å². The third-order valence-corrected chi connectivity index (χ3v) is 4.35. The molecule has 1 saturated carbocycles. The Kier molecular flexibility index (Phi) is 2.74. The number of carbonyl (C=O) groups excluding carboxylic acids is 1. The van der Waals surface area contributed by atoms with Crippen molar-refractivity contribution < 1.29 is 4.79 Å². The number of ketones is 1. The fraction of sp³-hybridized carbons (Fsp3) is 0.786. The maximum Gasteiger partial charge on any atom is 0.155 e. The van der Waals surface area contributed by atoms with Crippen LogP contribution in [0.25, 0.3) is 0 Å². The molecule has 1 nitrogen and oxygen atoms in total. The fourth-order valence-electron chi connectivity index (χ4n) is 3.31. The zero-order valence-corrected chi connectivity index (χ0v) is 10.2. The number of rotatable bonds is 0. The molecule has 0 aromatic rings. The number of allylic oxidation sites excluding steroid dienone is 2. The molecule has 0 heterocycles. The van der Waals surface area contributed by atoms with Crippen molar-refractivity contribution in [1.29, 1.82) is 0 Å². The SMILES string of the molecule is C[C@@H]1CCCC(C)(C)C2=CC(=O)CC[C@H]21. The lowest BCUT2D eigenvalue weighted by Gasteiger charge is -2.35. The molecule has 0 saturated heterocycles. The Morgan fingerprint density at radius 2 is 2.07 bits per heavy atom. The van der Waals surface area contributed by atoms with Gasteiger partial charge in [-0.1, -0.05) is 39.2 Å². The minimum absolute atomic E-state index is 0.255. The lowest BCUT2D eigenvalue weighted by atomic mass is 9.69. The summed E-state index contributed by atoms with van der Waals surface area (Å²) < 4.78 is 0. The molecule has 0 bridgehead atoms. The first kappa shape index (κ1) is 10.9. The molecular weight excluding hydrogens is 184 g/mol. The highest BCUT2D eigenvalue weighted by molar-refractivity contribution is 5.91. The highest BCUT2D eigenvalue weighted by Crippen LogP contribution is 2.47. The first-order valence-electron chi connectivity index (χ1n) is 6.25. The average molecular weight is 206 g/mol. The van der Waals surface area contributed by atoms with Crippen LogP contribution in [0.5, 0.6) is 0 Å². The van der Waals surface area contributed by atoms with Crippen LogP contribution in [0.4, 0.5) is 0 Å². The molecule has 84 valence electrons. The molecule has 2 atom stereocenters. The number of hydrogen-bond acceptors (Lipinski definition) is 1. The van der Waals surface area contributed by atoms with Crippen molar-refractivity contribution in [3.8, 4) is 0 Å². The van der Waals surface area contributed by atoms with Gasteiger partial charge in [0.1, 0.15) is 0 Å². The predicted molar refractivity (Wildman–Crippen MR) is 62.6 cm³/mol. The lowest BCUT2D eigenvalue weighted by molar-refractivity contribution is -0.115. The molecule has 0 N–H and O–H groups in total. The van der Waals surface area contributed by atoms with Crippen molar-refractivity contribution in [2.24, 2.45) is 17.3 Å². The zero-order valence-electron chi connectivity index (χ0n) is 10.2. The number of hydrogen-bond donors (Lipinski definition) is 0. The standard InChI is InChI=1S/C14H22O/c1-10-5-4-8-14(2,3)13-9-11(15)6-7-12(10)13/h9-10,12H,4-8H2,1-3H3/t10-,12+/m1/s1. The lowest BCUT2D eigenvalue weighted by Crippen LogP contribution is -2.27. The van der Waals surface area contributed by atoms with Gasteiger partial charge in [-0.2, -0.15) is 0 Å². The molecule has 1 heteroatoms. The Hall–Kier alpha value is -0.590. The van der Waals surface area contributed by atoms with E-state index in [1.54, 1.807) is 0 Å². The van der Waals surface area contributed by atoms with Gasteiger partial charge in [-0.25, -0.2) is 0 Å². The Labute approximate surface area is 92.9 Å². The zero-order chi connectivity index (χ0) is 11.1. The molecule has 2 aliphatic carbocycles. The van der Waals surface area contributed by atoms with Crippen molar-refractivity contribution in [3.05, 3.63) is 11.6 Å². The summed E-state index contributed by atoms with van der Waals surface area (Å²) >= 11 is 0. The molecule has 1 fully saturated rings. The molecule has 15 heavy (non-hydrogen) atoms. The quantitative estimate of drug-likeness (QED) is 0.590. The van der Waals surface area contributed by atoms with E-state index < -0.39 is 0 Å². The first-order valence-corrected chi connectivity index (χ1v) is 6.25. The molecule has 0 spiro atoms. The molecule has 2 aliphatic rings. The van der Waals surface area contributed by atoms with Gasteiger partial charge in [0.05, 0.1) is 0 Å². The van der Waals surface area contributed by atoms with Crippen molar-refractivity contribution in [2.75, 3.05) is 0 Å². The summed E-state index contributed by atoms with van der Waals surface area (Å²) in [4.78, 5) is 11.5. The second-order valence-corrected chi connectivity index (χ2v) is 5.96. The van der Waals surface area contributed by atoms with E-state index in [1.165, 1.54) is 24.8 Å². The van der Waals surface area contributed by atoms with Crippen LogP contribution < -0.4 is 0 Å². The number of carbonyl (C=O) groups is 1. The topological polar surface area (TPSA) is 17.1 Å². The van der Waals surface area contributed by atoms with Crippen LogP contribution in [0.2, 0.25) is 0 Å². The van der Waals surface area contributed by atoms with Crippen LogP contribution in [0.15, 0.2) is 11.6 Å². The normalized spacial score (nSPS) is 35.4. The first-order chi connectivity index (χ1) is 7.00. The highest BCUT2D eigenvalue weighted by Gasteiger charge is 2.37. The largest absolute Gasteiger partial charge is 0.295 e. The molecule has 0 unspecified atom stereocenters. The minimum atomic E-state index is 0.255. The van der Waals surface area contributed by atoms with Gasteiger partial charge in [0.25, 0.3) is 0 Å². The van der Waals surface area contributed by atoms with Crippen LogP contribution in [0, 0.1) is 17.3 Å². The maximum absolute atomic E-state index is 11.5. The van der Waals surface area contributed by atoms with E-state index >= 15 is 0 Å². The van der Waals surface area contributed by atoms with Crippen LogP contribution in [-0.4, -0.2) is 5.78 Å². The average Bonchev–Trinajstić information content (AvgIpc) is 2.26. The summed E-state index contributed by atoms with van der Waals surface area (Å²) in [7, 11) is 0. The molecule has 0 radical (unpaired) electrons. The van der Waals surface area contributed by atoms with Gasteiger partial charge in [0.15, 0.2) is 5.78 Å². The third kappa shape index (κ3) is 2.02. The van der Waals surface area contributed by atoms with Gasteiger partial charge >= 0.3 is 0 Å². The molecule has 0 aromatic heterocycles. The number of fused-ring (bicyclic) bond motifs is 1. The van der Waals surface area contributed by atoms with Crippen molar-refractivity contribution in [2.45, 2.75) is 52.9 Å². The van der Waals surface area contributed by atoms with Gasteiger partial charge in [0, 0.05) is 6.42 Å². The summed E-state index contributed by atoms with van der Waals surface area (Å²) in [5.41, 5.74) is 1.70. The van der Waals surface area contributed by atoms with Gasteiger partial charge < -0.3 is 0 Å². The Balaban J connectivity index is 2.37. The van der Waals surface area contributed by atoms with Crippen LogP contribution in [-0.2, 0) is 4.79 Å². The smallest absolute Gasteiger partial charge is 0.155 e. The fourth-order valence-corrected chi connectivity index (χ4v) is 3.31. The summed E-state index contributed by atoms with van der Waals surface area (Å²) in [6, 6.07) is 0. The van der Waals surface area contributed by atoms with E-state index in [-0.39, 0.29) is 5.41 Å². The van der Waals surface area contributed by atoms with E-state index in [0.717, 1.165) is 18.8 Å². The van der Waals surface area contributed by atoms with E-state index in [1.807, 2.05) is 6.08 Å². The van der Waals surface area contributed by atoms with E-state index in [0.29, 0.717) is 11.7 Å². The molecule has 0 aromatic carbocycles.